The monoisotopic (exact) mass is 249 g/mol. The quantitative estimate of drug-likeness (QED) is 0.893. The first-order valence-corrected chi connectivity index (χ1v) is 5.02. The van der Waals surface area contributed by atoms with E-state index in [-0.39, 0.29) is 5.82 Å². The minimum absolute atomic E-state index is 0.0409. The summed E-state index contributed by atoms with van der Waals surface area (Å²) in [6.07, 6.45) is -3.64. The maximum atomic E-state index is 12.6. The Morgan fingerprint density at radius 1 is 1.35 bits per heavy atom. The fraction of sp³-hybridized carbons (Fsp3) is 0.600. The average molecular weight is 249 g/mol. The van der Waals surface area contributed by atoms with Gasteiger partial charge in [-0.05, 0) is 20.8 Å². The van der Waals surface area contributed by atoms with E-state index in [0.717, 1.165) is 6.20 Å². The molecule has 0 radical (unpaired) electrons. The van der Waals surface area contributed by atoms with E-state index >= 15 is 0 Å². The van der Waals surface area contributed by atoms with Gasteiger partial charge < -0.3 is 10.5 Å². The molecular formula is C10H14F3N3O. The van der Waals surface area contributed by atoms with E-state index in [1.165, 1.54) is 0 Å². The molecule has 0 aliphatic rings. The van der Waals surface area contributed by atoms with Crippen LogP contribution in [-0.4, -0.2) is 16.6 Å². The van der Waals surface area contributed by atoms with Crippen molar-refractivity contribution in [2.45, 2.75) is 32.5 Å². The largest absolute Gasteiger partial charge is 0.435 e. The van der Waals surface area contributed by atoms with Crippen LogP contribution in [0.15, 0.2) is 6.20 Å². The summed E-state index contributed by atoms with van der Waals surface area (Å²) in [6, 6.07) is 0. The molecule has 0 saturated heterocycles. The summed E-state index contributed by atoms with van der Waals surface area (Å²) in [4.78, 5) is 7.23. The van der Waals surface area contributed by atoms with Crippen LogP contribution in [0.4, 0.5) is 18.9 Å². The van der Waals surface area contributed by atoms with Crippen molar-refractivity contribution in [3.05, 3.63) is 17.7 Å². The third kappa shape index (κ3) is 3.06. The second kappa shape index (κ2) is 4.48. The second-order valence-corrected chi connectivity index (χ2v) is 3.94. The number of alkyl halides is 3. The minimum Gasteiger partial charge on any atom is -0.396 e. The molecule has 1 aromatic rings. The Kier molecular flexibility index (Phi) is 3.61. The predicted octanol–water partition coefficient (Wildman–Crippen LogP) is 2.35. The van der Waals surface area contributed by atoms with Crippen LogP contribution in [0.5, 0.6) is 0 Å². The van der Waals surface area contributed by atoms with Gasteiger partial charge >= 0.3 is 6.18 Å². The molecule has 0 aliphatic heterocycles. The van der Waals surface area contributed by atoms with Gasteiger partial charge in [0.1, 0.15) is 5.60 Å². The molecule has 0 spiro atoms. The van der Waals surface area contributed by atoms with E-state index in [1.807, 2.05) is 0 Å². The van der Waals surface area contributed by atoms with Gasteiger partial charge in [-0.3, -0.25) is 0 Å². The first kappa shape index (κ1) is 13.7. The third-order valence-corrected chi connectivity index (χ3v) is 2.13. The van der Waals surface area contributed by atoms with Crippen LogP contribution in [0.25, 0.3) is 0 Å². The van der Waals surface area contributed by atoms with E-state index in [2.05, 4.69) is 9.97 Å². The molecule has 4 nitrogen and oxygen atoms in total. The van der Waals surface area contributed by atoms with Gasteiger partial charge in [-0.15, -0.1) is 0 Å². The third-order valence-electron chi connectivity index (χ3n) is 2.13. The highest BCUT2D eigenvalue weighted by atomic mass is 19.4. The lowest BCUT2D eigenvalue weighted by Crippen LogP contribution is -2.27. The summed E-state index contributed by atoms with van der Waals surface area (Å²) in [7, 11) is 0. The Balaban J connectivity index is 3.22. The van der Waals surface area contributed by atoms with Crippen LogP contribution in [0, 0.1) is 0 Å². The average Bonchev–Trinajstić information content (AvgIpc) is 2.15. The number of nitrogens with two attached hydrogens (primary N) is 1. The lowest BCUT2D eigenvalue weighted by Gasteiger charge is -2.23. The Morgan fingerprint density at radius 3 is 2.41 bits per heavy atom. The van der Waals surface area contributed by atoms with Gasteiger partial charge in [-0.2, -0.15) is 13.2 Å². The van der Waals surface area contributed by atoms with Crippen LogP contribution in [0.2, 0.25) is 0 Å². The number of hydrogen-bond acceptors (Lipinski definition) is 4. The zero-order chi connectivity index (χ0) is 13.3. The molecule has 7 heteroatoms. The van der Waals surface area contributed by atoms with Gasteiger partial charge in [0.25, 0.3) is 0 Å². The molecule has 0 aromatic carbocycles. The fourth-order valence-corrected chi connectivity index (χ4v) is 1.33. The van der Waals surface area contributed by atoms with Crippen molar-refractivity contribution in [3.63, 3.8) is 0 Å². The molecule has 96 valence electrons. The molecule has 0 aliphatic carbocycles. The Labute approximate surface area is 97.0 Å². The zero-order valence-electron chi connectivity index (χ0n) is 9.80. The van der Waals surface area contributed by atoms with Gasteiger partial charge in [0.05, 0.1) is 11.9 Å². The number of aromatic nitrogens is 2. The standard InChI is InChI=1S/C10H14F3N3O/c1-4-17-9(2,3)8-15-5-6(14)7(16-8)10(11,12)13/h5H,4,14H2,1-3H3. The van der Waals surface area contributed by atoms with E-state index in [9.17, 15) is 13.2 Å². The lowest BCUT2D eigenvalue weighted by atomic mass is 10.1. The number of nitrogen functional groups attached to an aromatic ring is 1. The van der Waals surface area contributed by atoms with Crippen molar-refractivity contribution in [2.24, 2.45) is 0 Å². The molecule has 0 saturated carbocycles. The first-order chi connectivity index (χ1) is 7.68. The van der Waals surface area contributed by atoms with Crippen molar-refractivity contribution in [1.29, 1.82) is 0 Å². The summed E-state index contributed by atoms with van der Waals surface area (Å²) < 4.78 is 43.1. The zero-order valence-corrected chi connectivity index (χ0v) is 9.80. The van der Waals surface area contributed by atoms with Gasteiger partial charge in [0.15, 0.2) is 11.5 Å². The van der Waals surface area contributed by atoms with Gasteiger partial charge in [-0.1, -0.05) is 0 Å². The molecular weight excluding hydrogens is 235 g/mol. The van der Waals surface area contributed by atoms with Crippen molar-refractivity contribution in [3.8, 4) is 0 Å². The van der Waals surface area contributed by atoms with Crippen molar-refractivity contribution >= 4 is 5.69 Å². The maximum absolute atomic E-state index is 12.6. The van der Waals surface area contributed by atoms with Crippen LogP contribution < -0.4 is 5.73 Å². The summed E-state index contributed by atoms with van der Waals surface area (Å²) in [6.45, 7) is 5.29. The van der Waals surface area contributed by atoms with Crippen LogP contribution >= 0.6 is 0 Å². The number of rotatable bonds is 3. The molecule has 0 fully saturated rings. The molecule has 0 amide bonds. The van der Waals surface area contributed by atoms with Crippen molar-refractivity contribution in [2.75, 3.05) is 12.3 Å². The molecule has 1 aromatic heterocycles. The number of nitrogens with zero attached hydrogens (tertiary/aromatic N) is 2. The summed E-state index contributed by atoms with van der Waals surface area (Å²) in [5.41, 5.74) is 2.60. The van der Waals surface area contributed by atoms with E-state index in [1.54, 1.807) is 20.8 Å². The summed E-state index contributed by atoms with van der Waals surface area (Å²) in [5, 5.41) is 0. The number of hydrogen-bond donors (Lipinski definition) is 1. The number of ether oxygens (including phenoxy) is 1. The van der Waals surface area contributed by atoms with E-state index < -0.39 is 23.2 Å². The van der Waals surface area contributed by atoms with Crippen LogP contribution in [0.1, 0.15) is 32.3 Å². The smallest absolute Gasteiger partial charge is 0.396 e. The molecule has 1 heterocycles. The Hall–Kier alpha value is -1.37. The van der Waals surface area contributed by atoms with Crippen LogP contribution in [0.3, 0.4) is 0 Å². The molecule has 1 rings (SSSR count). The van der Waals surface area contributed by atoms with E-state index in [0.29, 0.717) is 6.61 Å². The lowest BCUT2D eigenvalue weighted by molar-refractivity contribution is -0.141. The number of halogens is 3. The highest BCUT2D eigenvalue weighted by Gasteiger charge is 2.37. The summed E-state index contributed by atoms with van der Waals surface area (Å²) >= 11 is 0. The minimum atomic E-state index is -4.59. The molecule has 17 heavy (non-hydrogen) atoms. The molecule has 0 atom stereocenters. The van der Waals surface area contributed by atoms with Gasteiger partial charge in [-0.25, -0.2) is 9.97 Å². The molecule has 0 bridgehead atoms. The SMILES string of the molecule is CCOC(C)(C)c1ncc(N)c(C(F)(F)F)n1. The maximum Gasteiger partial charge on any atom is 0.435 e. The normalized spacial score (nSPS) is 12.8. The molecule has 2 N–H and O–H groups in total. The van der Waals surface area contributed by atoms with Gasteiger partial charge in [0.2, 0.25) is 0 Å². The van der Waals surface area contributed by atoms with Gasteiger partial charge in [0, 0.05) is 6.61 Å². The highest BCUT2D eigenvalue weighted by Crippen LogP contribution is 2.33. The molecule has 0 unspecified atom stereocenters. The van der Waals surface area contributed by atoms with Crippen molar-refractivity contribution in [1.82, 2.24) is 9.97 Å². The second-order valence-electron chi connectivity index (χ2n) is 3.94. The van der Waals surface area contributed by atoms with Crippen LogP contribution in [-0.2, 0) is 16.5 Å². The summed E-state index contributed by atoms with van der Waals surface area (Å²) in [5.74, 6) is -0.0409. The van der Waals surface area contributed by atoms with E-state index in [4.69, 9.17) is 10.5 Å². The highest BCUT2D eigenvalue weighted by molar-refractivity contribution is 5.42. The number of anilines is 1. The first-order valence-electron chi connectivity index (χ1n) is 5.02. The fourth-order valence-electron chi connectivity index (χ4n) is 1.33. The van der Waals surface area contributed by atoms with Crippen molar-refractivity contribution < 1.29 is 17.9 Å². The Morgan fingerprint density at radius 2 is 1.94 bits per heavy atom. The Bertz CT molecular complexity index is 404. The predicted molar refractivity (Wildman–Crippen MR) is 56.1 cm³/mol. The topological polar surface area (TPSA) is 61.0 Å².